The lowest BCUT2D eigenvalue weighted by Crippen LogP contribution is -2.36. The molecule has 1 fully saturated rings. The van der Waals surface area contributed by atoms with Crippen LogP contribution in [0.4, 0.5) is 24.7 Å². The number of nitrogens with zero attached hydrogens (tertiary/aromatic N) is 4. The molecule has 0 atom stereocenters. The molecule has 7 nitrogen and oxygen atoms in total. The van der Waals surface area contributed by atoms with E-state index in [1.165, 1.54) is 6.20 Å². The van der Waals surface area contributed by atoms with E-state index in [-0.39, 0.29) is 0 Å². The number of hydrogen-bond donors (Lipinski definition) is 1. The lowest BCUT2D eigenvalue weighted by Gasteiger charge is -2.27. The molecule has 3 heterocycles. The first-order chi connectivity index (χ1) is 12.8. The average Bonchev–Trinajstić information content (AvgIpc) is 3.09. The molecule has 27 heavy (non-hydrogen) atoms. The molecule has 0 aromatic carbocycles. The molecule has 0 unspecified atom stereocenters. The summed E-state index contributed by atoms with van der Waals surface area (Å²) in [5.41, 5.74) is -1.27. The Kier molecular flexibility index (Phi) is 5.36. The molecule has 0 bridgehead atoms. The Morgan fingerprint density at radius 3 is 2.48 bits per heavy atom. The number of morpholine rings is 1. The van der Waals surface area contributed by atoms with Gasteiger partial charge in [0, 0.05) is 19.1 Å². The number of alkyl halides is 3. The normalized spacial score (nSPS) is 15.3. The molecule has 1 N–H and O–H groups in total. The third kappa shape index (κ3) is 4.21. The van der Waals surface area contributed by atoms with Gasteiger partial charge in [0.05, 0.1) is 36.9 Å². The van der Waals surface area contributed by atoms with Crippen LogP contribution in [0.2, 0.25) is 0 Å². The van der Waals surface area contributed by atoms with E-state index in [9.17, 15) is 18.0 Å². The standard InChI is InChI=1S/C17H20F3N5O2/c1-11(2)25-15(17(18,19)20)13(10-22-25)16(26)23-12-3-4-14(21-9-12)24-5-7-27-8-6-24/h3-4,9-11H,5-8H2,1-2H3,(H,23,26). The van der Waals surface area contributed by atoms with E-state index in [0.29, 0.717) is 32.0 Å². The molecular weight excluding hydrogens is 363 g/mol. The van der Waals surface area contributed by atoms with Crippen LogP contribution in [0, 0.1) is 0 Å². The predicted octanol–water partition coefficient (Wildman–Crippen LogP) is 2.97. The summed E-state index contributed by atoms with van der Waals surface area (Å²) in [6.45, 7) is 5.78. The molecule has 1 aliphatic heterocycles. The van der Waals surface area contributed by atoms with Gasteiger partial charge in [0.25, 0.3) is 5.91 Å². The van der Waals surface area contributed by atoms with Crippen LogP contribution in [0.5, 0.6) is 0 Å². The van der Waals surface area contributed by atoms with E-state index < -0.39 is 29.4 Å². The van der Waals surface area contributed by atoms with E-state index in [0.717, 1.165) is 16.7 Å². The second-order valence-electron chi connectivity index (χ2n) is 6.40. The molecule has 0 spiro atoms. The Hall–Kier alpha value is -2.62. The van der Waals surface area contributed by atoms with Crippen LogP contribution in [0.25, 0.3) is 0 Å². The molecule has 1 saturated heterocycles. The fourth-order valence-corrected chi connectivity index (χ4v) is 2.84. The summed E-state index contributed by atoms with van der Waals surface area (Å²) in [5.74, 6) is -0.157. The van der Waals surface area contributed by atoms with Crippen LogP contribution in [-0.4, -0.2) is 47.0 Å². The highest BCUT2D eigenvalue weighted by molar-refractivity contribution is 6.05. The Bertz CT molecular complexity index is 796. The molecule has 10 heteroatoms. The number of carbonyl (C=O) groups is 1. The quantitative estimate of drug-likeness (QED) is 0.879. The number of pyridine rings is 1. The summed E-state index contributed by atoms with van der Waals surface area (Å²) in [6.07, 6.45) is -2.33. The van der Waals surface area contributed by atoms with Crippen LogP contribution in [0.1, 0.15) is 35.9 Å². The van der Waals surface area contributed by atoms with Crippen molar-refractivity contribution in [3.63, 3.8) is 0 Å². The van der Waals surface area contributed by atoms with Gasteiger partial charge >= 0.3 is 6.18 Å². The molecule has 1 amide bonds. The number of aromatic nitrogens is 3. The Labute approximate surface area is 154 Å². The predicted molar refractivity (Wildman–Crippen MR) is 92.8 cm³/mol. The number of rotatable bonds is 4. The number of nitrogens with one attached hydrogen (secondary N) is 1. The maximum Gasteiger partial charge on any atom is 0.433 e. The van der Waals surface area contributed by atoms with Crippen molar-refractivity contribution >= 4 is 17.4 Å². The van der Waals surface area contributed by atoms with Gasteiger partial charge < -0.3 is 15.0 Å². The second kappa shape index (κ2) is 7.55. The van der Waals surface area contributed by atoms with E-state index >= 15 is 0 Å². The maximum atomic E-state index is 13.4. The summed E-state index contributed by atoms with van der Waals surface area (Å²) in [7, 11) is 0. The van der Waals surface area contributed by atoms with Crippen molar-refractivity contribution in [3.05, 3.63) is 35.8 Å². The topological polar surface area (TPSA) is 72.3 Å². The van der Waals surface area contributed by atoms with Gasteiger partial charge in [-0.3, -0.25) is 9.48 Å². The van der Waals surface area contributed by atoms with E-state index in [1.54, 1.807) is 26.0 Å². The van der Waals surface area contributed by atoms with Crippen LogP contribution < -0.4 is 10.2 Å². The highest BCUT2D eigenvalue weighted by Crippen LogP contribution is 2.34. The zero-order valence-corrected chi connectivity index (χ0v) is 15.0. The number of ether oxygens (including phenoxy) is 1. The molecular formula is C17H20F3N5O2. The van der Waals surface area contributed by atoms with Crippen molar-refractivity contribution in [3.8, 4) is 0 Å². The van der Waals surface area contributed by atoms with Crippen molar-refractivity contribution in [1.82, 2.24) is 14.8 Å². The number of anilines is 2. The summed E-state index contributed by atoms with van der Waals surface area (Å²) in [6, 6.07) is 2.79. The van der Waals surface area contributed by atoms with Gasteiger partial charge in [0.2, 0.25) is 0 Å². The third-order valence-electron chi connectivity index (χ3n) is 4.14. The molecule has 3 rings (SSSR count). The van der Waals surface area contributed by atoms with Gasteiger partial charge in [0.1, 0.15) is 5.82 Å². The summed E-state index contributed by atoms with van der Waals surface area (Å²) < 4.78 is 46.3. The number of halogens is 3. The van der Waals surface area contributed by atoms with Crippen LogP contribution in [0.15, 0.2) is 24.5 Å². The Balaban J connectivity index is 1.77. The van der Waals surface area contributed by atoms with Crippen molar-refractivity contribution in [2.75, 3.05) is 36.5 Å². The lowest BCUT2D eigenvalue weighted by atomic mass is 10.2. The number of hydrogen-bond acceptors (Lipinski definition) is 5. The third-order valence-corrected chi connectivity index (χ3v) is 4.14. The molecule has 146 valence electrons. The van der Waals surface area contributed by atoms with Crippen molar-refractivity contribution in [2.24, 2.45) is 0 Å². The van der Waals surface area contributed by atoms with Gasteiger partial charge in [-0.15, -0.1) is 0 Å². The van der Waals surface area contributed by atoms with Gasteiger partial charge in [-0.2, -0.15) is 18.3 Å². The summed E-state index contributed by atoms with van der Waals surface area (Å²) in [5, 5.41) is 6.18. The van der Waals surface area contributed by atoms with Crippen LogP contribution in [-0.2, 0) is 10.9 Å². The lowest BCUT2D eigenvalue weighted by molar-refractivity contribution is -0.145. The van der Waals surface area contributed by atoms with Gasteiger partial charge in [-0.25, -0.2) is 4.98 Å². The smallest absolute Gasteiger partial charge is 0.378 e. The summed E-state index contributed by atoms with van der Waals surface area (Å²) in [4.78, 5) is 18.7. The number of carbonyl (C=O) groups excluding carboxylic acids is 1. The van der Waals surface area contributed by atoms with E-state index in [2.05, 4.69) is 15.4 Å². The molecule has 2 aromatic heterocycles. The Morgan fingerprint density at radius 1 is 1.22 bits per heavy atom. The number of amides is 1. The second-order valence-corrected chi connectivity index (χ2v) is 6.40. The monoisotopic (exact) mass is 383 g/mol. The largest absolute Gasteiger partial charge is 0.433 e. The van der Waals surface area contributed by atoms with Crippen LogP contribution in [0.3, 0.4) is 0 Å². The van der Waals surface area contributed by atoms with Gasteiger partial charge in [-0.1, -0.05) is 0 Å². The summed E-state index contributed by atoms with van der Waals surface area (Å²) >= 11 is 0. The Morgan fingerprint density at radius 2 is 1.93 bits per heavy atom. The first-order valence-corrected chi connectivity index (χ1v) is 8.52. The van der Waals surface area contributed by atoms with Crippen molar-refractivity contribution in [1.29, 1.82) is 0 Å². The molecule has 2 aromatic rings. The minimum absolute atomic E-state index is 0.308. The van der Waals surface area contributed by atoms with Crippen molar-refractivity contribution in [2.45, 2.75) is 26.1 Å². The zero-order valence-electron chi connectivity index (χ0n) is 15.0. The highest BCUT2D eigenvalue weighted by atomic mass is 19.4. The minimum Gasteiger partial charge on any atom is -0.378 e. The first-order valence-electron chi connectivity index (χ1n) is 8.52. The van der Waals surface area contributed by atoms with E-state index in [1.807, 2.05) is 4.90 Å². The fourth-order valence-electron chi connectivity index (χ4n) is 2.84. The highest BCUT2D eigenvalue weighted by Gasteiger charge is 2.40. The molecule has 0 saturated carbocycles. The van der Waals surface area contributed by atoms with E-state index in [4.69, 9.17) is 4.74 Å². The van der Waals surface area contributed by atoms with Crippen molar-refractivity contribution < 1.29 is 22.7 Å². The fraction of sp³-hybridized carbons (Fsp3) is 0.471. The average molecular weight is 383 g/mol. The van der Waals surface area contributed by atoms with Gasteiger partial charge in [0.15, 0.2) is 5.69 Å². The first kappa shape index (κ1) is 19.2. The molecule has 0 aliphatic carbocycles. The molecule has 1 aliphatic rings. The SMILES string of the molecule is CC(C)n1ncc(C(=O)Nc2ccc(N3CCOCC3)nc2)c1C(F)(F)F. The maximum absolute atomic E-state index is 13.4. The zero-order chi connectivity index (χ0) is 19.6. The van der Waals surface area contributed by atoms with Crippen LogP contribution >= 0.6 is 0 Å². The molecule has 0 radical (unpaired) electrons. The minimum atomic E-state index is -4.69. The van der Waals surface area contributed by atoms with Gasteiger partial charge in [-0.05, 0) is 26.0 Å².